The molecular formula is C25H28O4. The van der Waals surface area contributed by atoms with E-state index < -0.39 is 0 Å². The van der Waals surface area contributed by atoms with E-state index in [4.69, 9.17) is 18.9 Å². The molecule has 2 aromatic rings. The molecule has 0 saturated carbocycles. The average Bonchev–Trinajstić information content (AvgIpc) is 3.67. The Morgan fingerprint density at radius 3 is 2.31 bits per heavy atom. The van der Waals surface area contributed by atoms with Crippen molar-refractivity contribution in [2.75, 3.05) is 19.8 Å². The predicted octanol–water partition coefficient (Wildman–Crippen LogP) is 4.98. The van der Waals surface area contributed by atoms with E-state index in [1.807, 2.05) is 0 Å². The molecule has 0 N–H and O–H groups in total. The van der Waals surface area contributed by atoms with Crippen molar-refractivity contribution in [3.05, 3.63) is 65.7 Å². The third-order valence-corrected chi connectivity index (χ3v) is 6.03. The summed E-state index contributed by atoms with van der Waals surface area (Å²) in [7, 11) is 0. The molecule has 29 heavy (non-hydrogen) atoms. The average molecular weight is 392 g/mol. The maximum Gasteiger partial charge on any atom is 0.124 e. The van der Waals surface area contributed by atoms with Gasteiger partial charge in [0.15, 0.2) is 0 Å². The Bertz CT molecular complexity index is 847. The third-order valence-electron chi connectivity index (χ3n) is 6.03. The summed E-state index contributed by atoms with van der Waals surface area (Å²) < 4.78 is 22.2. The van der Waals surface area contributed by atoms with Crippen LogP contribution in [0.25, 0.3) is 5.57 Å². The van der Waals surface area contributed by atoms with Gasteiger partial charge in [-0.3, -0.25) is 0 Å². The molecule has 0 spiro atoms. The van der Waals surface area contributed by atoms with Crippen molar-refractivity contribution in [1.29, 1.82) is 0 Å². The molecule has 2 aromatic carbocycles. The van der Waals surface area contributed by atoms with Gasteiger partial charge >= 0.3 is 0 Å². The van der Waals surface area contributed by atoms with E-state index >= 15 is 0 Å². The van der Waals surface area contributed by atoms with Crippen LogP contribution in [0, 0.1) is 0 Å². The number of benzene rings is 2. The fraction of sp³-hybridized carbons (Fsp3) is 0.440. The van der Waals surface area contributed by atoms with E-state index in [9.17, 15) is 0 Å². The quantitative estimate of drug-likeness (QED) is 0.594. The monoisotopic (exact) mass is 392 g/mol. The highest BCUT2D eigenvalue weighted by Crippen LogP contribution is 2.37. The van der Waals surface area contributed by atoms with Gasteiger partial charge in [0.1, 0.15) is 36.4 Å². The first-order chi connectivity index (χ1) is 14.2. The fourth-order valence-corrected chi connectivity index (χ4v) is 3.95. The van der Waals surface area contributed by atoms with Gasteiger partial charge in [0.25, 0.3) is 0 Å². The van der Waals surface area contributed by atoms with Crippen LogP contribution in [-0.4, -0.2) is 38.1 Å². The number of rotatable bonds is 8. The molecule has 2 fully saturated rings. The van der Waals surface area contributed by atoms with Crippen molar-refractivity contribution in [2.24, 2.45) is 0 Å². The Labute approximate surface area is 172 Å². The summed E-state index contributed by atoms with van der Waals surface area (Å²) >= 11 is 0. The first kappa shape index (κ1) is 18.7. The molecule has 4 heteroatoms. The lowest BCUT2D eigenvalue weighted by atomic mass is 9.83. The van der Waals surface area contributed by atoms with Crippen LogP contribution < -0.4 is 9.47 Å². The molecule has 0 amide bonds. The number of allylic oxidation sites excluding steroid dienone is 2. The summed E-state index contributed by atoms with van der Waals surface area (Å²) in [6.07, 6.45) is 6.45. The normalized spacial score (nSPS) is 26.4. The number of hydrogen-bond acceptors (Lipinski definition) is 4. The minimum atomic E-state index is 0.120. The molecular weight excluding hydrogens is 364 g/mol. The Kier molecular flexibility index (Phi) is 5.30. The van der Waals surface area contributed by atoms with Crippen LogP contribution in [0.15, 0.2) is 54.6 Å². The highest BCUT2D eigenvalue weighted by Gasteiger charge is 2.31. The van der Waals surface area contributed by atoms with Gasteiger partial charge in [-0.15, -0.1) is 0 Å². The maximum atomic E-state index is 5.94. The first-order valence-electron chi connectivity index (χ1n) is 10.7. The van der Waals surface area contributed by atoms with Crippen molar-refractivity contribution in [1.82, 2.24) is 0 Å². The van der Waals surface area contributed by atoms with Crippen molar-refractivity contribution < 1.29 is 18.9 Å². The molecule has 2 saturated heterocycles. The molecule has 0 aromatic heterocycles. The third kappa shape index (κ3) is 4.82. The molecule has 0 radical (unpaired) electrons. The topological polar surface area (TPSA) is 43.5 Å². The summed E-state index contributed by atoms with van der Waals surface area (Å²) in [6.45, 7) is 4.37. The largest absolute Gasteiger partial charge is 0.491 e. The van der Waals surface area contributed by atoms with Crippen LogP contribution in [0.3, 0.4) is 0 Å². The molecule has 152 valence electrons. The molecule has 2 aliphatic heterocycles. The minimum Gasteiger partial charge on any atom is -0.491 e. The zero-order valence-electron chi connectivity index (χ0n) is 16.9. The second kappa shape index (κ2) is 8.21. The SMILES string of the molecule is CC(Oc1ccc(C2=CCC(c3ccc(OCC4CO4)cc3)CC2)cc1)C1CO1. The lowest BCUT2D eigenvalue weighted by molar-refractivity contribution is 0.176. The van der Waals surface area contributed by atoms with Crippen molar-refractivity contribution in [2.45, 2.75) is 50.4 Å². The molecule has 4 unspecified atom stereocenters. The molecule has 4 atom stereocenters. The number of hydrogen-bond donors (Lipinski definition) is 0. The zero-order valence-corrected chi connectivity index (χ0v) is 16.9. The zero-order chi connectivity index (χ0) is 19.6. The van der Waals surface area contributed by atoms with Gasteiger partial charge in [-0.25, -0.2) is 0 Å². The van der Waals surface area contributed by atoms with Gasteiger partial charge in [0, 0.05) is 0 Å². The van der Waals surface area contributed by atoms with Gasteiger partial charge < -0.3 is 18.9 Å². The van der Waals surface area contributed by atoms with Crippen molar-refractivity contribution in [3.8, 4) is 11.5 Å². The molecule has 0 bridgehead atoms. The minimum absolute atomic E-state index is 0.120. The van der Waals surface area contributed by atoms with E-state index in [0.717, 1.165) is 37.6 Å². The number of ether oxygens (including phenoxy) is 4. The second-order valence-corrected chi connectivity index (χ2v) is 8.26. The maximum absolute atomic E-state index is 5.94. The molecule has 2 heterocycles. The smallest absolute Gasteiger partial charge is 0.124 e. The molecule has 3 aliphatic rings. The summed E-state index contributed by atoms with van der Waals surface area (Å²) in [5.41, 5.74) is 4.14. The Balaban J connectivity index is 1.16. The van der Waals surface area contributed by atoms with Gasteiger partial charge in [-0.1, -0.05) is 30.3 Å². The summed E-state index contributed by atoms with van der Waals surface area (Å²) in [5.74, 6) is 2.43. The molecule has 1 aliphatic carbocycles. The lowest BCUT2D eigenvalue weighted by Crippen LogP contribution is -2.18. The highest BCUT2D eigenvalue weighted by atomic mass is 16.6. The first-order valence-corrected chi connectivity index (χ1v) is 10.7. The Morgan fingerprint density at radius 1 is 0.966 bits per heavy atom. The van der Waals surface area contributed by atoms with Gasteiger partial charge in [0.2, 0.25) is 0 Å². The summed E-state index contributed by atoms with van der Waals surface area (Å²) in [5, 5.41) is 0. The van der Waals surface area contributed by atoms with E-state index in [1.54, 1.807) is 0 Å². The van der Waals surface area contributed by atoms with Crippen LogP contribution >= 0.6 is 0 Å². The van der Waals surface area contributed by atoms with Crippen LogP contribution in [0.5, 0.6) is 11.5 Å². The Hall–Kier alpha value is -2.30. The molecule has 4 nitrogen and oxygen atoms in total. The second-order valence-electron chi connectivity index (χ2n) is 8.26. The van der Waals surface area contributed by atoms with Crippen molar-refractivity contribution >= 4 is 5.57 Å². The Morgan fingerprint density at radius 2 is 1.69 bits per heavy atom. The van der Waals surface area contributed by atoms with E-state index in [-0.39, 0.29) is 12.2 Å². The van der Waals surface area contributed by atoms with Gasteiger partial charge in [-0.05, 0) is 73.1 Å². The fourth-order valence-electron chi connectivity index (χ4n) is 3.95. The highest BCUT2D eigenvalue weighted by molar-refractivity contribution is 5.67. The standard InChI is InChI=1S/C25H28O4/c1-17(25-16-28-25)29-23-12-8-21(9-13-23)19-4-2-18(3-5-19)20-6-10-22(11-7-20)26-14-24-15-27-24/h4,6-13,17-18,24-25H,2-3,5,14-16H2,1H3. The van der Waals surface area contributed by atoms with Crippen molar-refractivity contribution in [3.63, 3.8) is 0 Å². The van der Waals surface area contributed by atoms with E-state index in [0.29, 0.717) is 18.6 Å². The predicted molar refractivity (Wildman–Crippen MR) is 113 cm³/mol. The van der Waals surface area contributed by atoms with Gasteiger partial charge in [0.05, 0.1) is 13.2 Å². The van der Waals surface area contributed by atoms with Crippen LogP contribution in [0.1, 0.15) is 43.2 Å². The van der Waals surface area contributed by atoms with Gasteiger partial charge in [-0.2, -0.15) is 0 Å². The summed E-state index contributed by atoms with van der Waals surface area (Å²) in [4.78, 5) is 0. The summed E-state index contributed by atoms with van der Waals surface area (Å²) in [6, 6.07) is 17.1. The molecule has 5 rings (SSSR count). The van der Waals surface area contributed by atoms with Crippen LogP contribution in [-0.2, 0) is 9.47 Å². The van der Waals surface area contributed by atoms with E-state index in [2.05, 4.69) is 61.5 Å². The lowest BCUT2D eigenvalue weighted by Gasteiger charge is -2.23. The van der Waals surface area contributed by atoms with E-state index in [1.165, 1.54) is 23.1 Å². The number of epoxide rings is 2. The van der Waals surface area contributed by atoms with Crippen LogP contribution in [0.2, 0.25) is 0 Å². The van der Waals surface area contributed by atoms with Crippen LogP contribution in [0.4, 0.5) is 0 Å².